The molecule has 7 heteroatoms. The van der Waals surface area contributed by atoms with Gasteiger partial charge in [0.05, 0.1) is 12.8 Å². The maximum atomic E-state index is 11.1. The predicted molar refractivity (Wildman–Crippen MR) is 56.1 cm³/mol. The third-order valence-electron chi connectivity index (χ3n) is 2.08. The minimum atomic E-state index is -0.963. The Hall–Kier alpha value is -2.31. The zero-order valence-electron chi connectivity index (χ0n) is 8.74. The van der Waals surface area contributed by atoms with Crippen molar-refractivity contribution in [2.75, 3.05) is 19.5 Å². The number of nitrogens with one attached hydrogen (secondary N) is 1. The molecule has 0 atom stereocenters. The number of primary amides is 1. The van der Waals surface area contributed by atoms with Crippen LogP contribution in [0.15, 0.2) is 0 Å². The van der Waals surface area contributed by atoms with Crippen LogP contribution in [-0.2, 0) is 0 Å². The van der Waals surface area contributed by atoms with Crippen LogP contribution < -0.4 is 15.8 Å². The van der Waals surface area contributed by atoms with Gasteiger partial charge in [-0.3, -0.25) is 4.79 Å². The van der Waals surface area contributed by atoms with E-state index in [1.807, 2.05) is 0 Å². The summed E-state index contributed by atoms with van der Waals surface area (Å²) in [7, 11) is 2.68. The van der Waals surface area contributed by atoms with E-state index in [0.29, 0.717) is 0 Å². The standard InChI is InChI=1S/C9H12N2O5/c1-11-4-3(9(10)15)5(12)6(13)7(14)8(4)16-2/h11-14H,1-2H3,(H2,10,15). The number of hydrogen-bond acceptors (Lipinski definition) is 6. The second-order valence-electron chi connectivity index (χ2n) is 2.94. The lowest BCUT2D eigenvalue weighted by Crippen LogP contribution is -2.14. The van der Waals surface area contributed by atoms with Gasteiger partial charge in [-0.15, -0.1) is 0 Å². The minimum Gasteiger partial charge on any atom is -0.504 e. The molecule has 16 heavy (non-hydrogen) atoms. The lowest BCUT2D eigenvalue weighted by molar-refractivity contribution is 0.0997. The Morgan fingerprint density at radius 3 is 2.19 bits per heavy atom. The number of methoxy groups -OCH3 is 1. The lowest BCUT2D eigenvalue weighted by atomic mass is 10.1. The van der Waals surface area contributed by atoms with Gasteiger partial charge in [-0.1, -0.05) is 0 Å². The van der Waals surface area contributed by atoms with E-state index in [0.717, 1.165) is 0 Å². The number of amides is 1. The number of ether oxygens (including phenoxy) is 1. The highest BCUT2D eigenvalue weighted by molar-refractivity contribution is 6.04. The first kappa shape index (κ1) is 11.8. The zero-order valence-corrected chi connectivity index (χ0v) is 8.74. The monoisotopic (exact) mass is 228 g/mol. The molecule has 1 rings (SSSR count). The smallest absolute Gasteiger partial charge is 0.254 e. The number of nitrogens with two attached hydrogens (primary N) is 1. The fraction of sp³-hybridized carbons (Fsp3) is 0.222. The maximum Gasteiger partial charge on any atom is 0.254 e. The molecule has 7 nitrogen and oxygen atoms in total. The van der Waals surface area contributed by atoms with Gasteiger partial charge in [-0.05, 0) is 0 Å². The Bertz CT molecular complexity index is 444. The molecule has 0 saturated heterocycles. The predicted octanol–water partition coefficient (Wildman–Crippen LogP) is -0.0474. The molecule has 0 bridgehead atoms. The number of carbonyl (C=O) groups excluding carboxylic acids is 1. The van der Waals surface area contributed by atoms with E-state index >= 15 is 0 Å². The summed E-state index contributed by atoms with van der Waals surface area (Å²) in [6.07, 6.45) is 0. The Kier molecular flexibility index (Phi) is 2.98. The number of aromatic hydroxyl groups is 3. The van der Waals surface area contributed by atoms with Crippen LogP contribution in [0.2, 0.25) is 0 Å². The summed E-state index contributed by atoms with van der Waals surface area (Å²) >= 11 is 0. The van der Waals surface area contributed by atoms with Crippen LogP contribution >= 0.6 is 0 Å². The van der Waals surface area contributed by atoms with Crippen molar-refractivity contribution >= 4 is 11.6 Å². The van der Waals surface area contributed by atoms with E-state index in [1.54, 1.807) is 0 Å². The third kappa shape index (κ3) is 1.52. The highest BCUT2D eigenvalue weighted by Gasteiger charge is 2.26. The van der Waals surface area contributed by atoms with Crippen molar-refractivity contribution < 1.29 is 24.9 Å². The highest BCUT2D eigenvalue weighted by atomic mass is 16.5. The van der Waals surface area contributed by atoms with Crippen molar-refractivity contribution in [2.24, 2.45) is 5.73 Å². The van der Waals surface area contributed by atoms with Gasteiger partial charge >= 0.3 is 0 Å². The summed E-state index contributed by atoms with van der Waals surface area (Å²) in [5.41, 5.74) is 4.70. The maximum absolute atomic E-state index is 11.1. The van der Waals surface area contributed by atoms with Crippen LogP contribution in [0.4, 0.5) is 5.69 Å². The van der Waals surface area contributed by atoms with Crippen molar-refractivity contribution in [1.29, 1.82) is 0 Å². The summed E-state index contributed by atoms with van der Waals surface area (Å²) < 4.78 is 4.80. The number of anilines is 1. The molecule has 0 fully saturated rings. The first-order valence-electron chi connectivity index (χ1n) is 4.28. The van der Waals surface area contributed by atoms with Gasteiger partial charge in [0.15, 0.2) is 11.5 Å². The van der Waals surface area contributed by atoms with Crippen LogP contribution in [0.25, 0.3) is 0 Å². The molecule has 0 aromatic heterocycles. The molecule has 1 amide bonds. The van der Waals surface area contributed by atoms with Crippen LogP contribution in [0.3, 0.4) is 0 Å². The normalized spacial score (nSPS) is 9.88. The van der Waals surface area contributed by atoms with Crippen molar-refractivity contribution in [3.05, 3.63) is 5.56 Å². The van der Waals surface area contributed by atoms with Gasteiger partial charge < -0.3 is 31.1 Å². The zero-order chi connectivity index (χ0) is 12.5. The summed E-state index contributed by atoms with van der Waals surface area (Å²) in [6.45, 7) is 0. The molecule has 0 saturated carbocycles. The quantitative estimate of drug-likeness (QED) is 0.365. The Morgan fingerprint density at radius 2 is 1.81 bits per heavy atom. The van der Waals surface area contributed by atoms with Gasteiger partial charge in [-0.25, -0.2) is 0 Å². The molecule has 0 aliphatic heterocycles. The molecule has 1 aromatic rings. The van der Waals surface area contributed by atoms with Crippen molar-refractivity contribution in [3.8, 4) is 23.0 Å². The van der Waals surface area contributed by atoms with E-state index in [9.17, 15) is 20.1 Å². The Morgan fingerprint density at radius 1 is 1.25 bits per heavy atom. The average molecular weight is 228 g/mol. The SMILES string of the molecule is CNc1c(OC)c(O)c(O)c(O)c1C(N)=O. The first-order chi connectivity index (χ1) is 7.45. The van der Waals surface area contributed by atoms with Gasteiger partial charge in [0.25, 0.3) is 5.91 Å². The fourth-order valence-corrected chi connectivity index (χ4v) is 1.37. The number of benzene rings is 1. The molecule has 0 aliphatic rings. The van der Waals surface area contributed by atoms with Gasteiger partial charge in [0.1, 0.15) is 5.56 Å². The lowest BCUT2D eigenvalue weighted by Gasteiger charge is -2.15. The fourth-order valence-electron chi connectivity index (χ4n) is 1.37. The van der Waals surface area contributed by atoms with Gasteiger partial charge in [-0.2, -0.15) is 0 Å². The first-order valence-corrected chi connectivity index (χ1v) is 4.28. The molecule has 88 valence electrons. The molecular weight excluding hydrogens is 216 g/mol. The summed E-state index contributed by atoms with van der Waals surface area (Å²) in [6, 6.07) is 0. The van der Waals surface area contributed by atoms with E-state index in [-0.39, 0.29) is 17.0 Å². The number of carbonyl (C=O) groups is 1. The van der Waals surface area contributed by atoms with Crippen molar-refractivity contribution in [2.45, 2.75) is 0 Å². The third-order valence-corrected chi connectivity index (χ3v) is 2.08. The molecule has 1 aromatic carbocycles. The van der Waals surface area contributed by atoms with Crippen molar-refractivity contribution in [3.63, 3.8) is 0 Å². The topological polar surface area (TPSA) is 125 Å². The molecule has 0 radical (unpaired) electrons. The van der Waals surface area contributed by atoms with E-state index in [2.05, 4.69) is 5.32 Å². The van der Waals surface area contributed by atoms with E-state index in [1.165, 1.54) is 14.2 Å². The van der Waals surface area contributed by atoms with Crippen LogP contribution in [0.1, 0.15) is 10.4 Å². The second kappa shape index (κ2) is 4.05. The Labute approximate surface area is 91.1 Å². The summed E-state index contributed by atoms with van der Waals surface area (Å²) in [5.74, 6) is -3.46. The highest BCUT2D eigenvalue weighted by Crippen LogP contribution is 2.50. The van der Waals surface area contributed by atoms with E-state index < -0.39 is 23.2 Å². The average Bonchev–Trinajstić information content (AvgIpc) is 2.24. The van der Waals surface area contributed by atoms with Gasteiger partial charge in [0.2, 0.25) is 11.5 Å². The summed E-state index contributed by atoms with van der Waals surface area (Å²) in [4.78, 5) is 11.1. The number of phenolic OH excluding ortho intramolecular Hbond substituents is 2. The molecular formula is C9H12N2O5. The number of hydrogen-bond donors (Lipinski definition) is 5. The van der Waals surface area contributed by atoms with Crippen LogP contribution in [-0.4, -0.2) is 35.4 Å². The Balaban J connectivity index is 3.72. The van der Waals surface area contributed by atoms with E-state index in [4.69, 9.17) is 10.5 Å². The number of phenols is 3. The minimum absolute atomic E-state index is 0.00259. The van der Waals surface area contributed by atoms with Crippen LogP contribution in [0.5, 0.6) is 23.0 Å². The van der Waals surface area contributed by atoms with Gasteiger partial charge in [0, 0.05) is 7.05 Å². The molecule has 6 N–H and O–H groups in total. The molecule has 0 unspecified atom stereocenters. The van der Waals surface area contributed by atoms with Crippen molar-refractivity contribution in [1.82, 2.24) is 0 Å². The molecule has 0 heterocycles. The second-order valence-corrected chi connectivity index (χ2v) is 2.94. The molecule has 0 spiro atoms. The molecule has 0 aliphatic carbocycles. The largest absolute Gasteiger partial charge is 0.504 e. The number of rotatable bonds is 3. The summed E-state index contributed by atoms with van der Waals surface area (Å²) in [5, 5.41) is 30.8. The van der Waals surface area contributed by atoms with Crippen LogP contribution in [0, 0.1) is 0 Å².